The molecule has 0 spiro atoms. The summed E-state index contributed by atoms with van der Waals surface area (Å²) >= 11 is 0. The summed E-state index contributed by atoms with van der Waals surface area (Å²) in [6.07, 6.45) is 3.50. The van der Waals surface area contributed by atoms with Crippen LogP contribution in [0.5, 0.6) is 0 Å². The Bertz CT molecular complexity index is 676. The third-order valence-electron chi connectivity index (χ3n) is 4.43. The number of nitrogens with one attached hydrogen (secondary N) is 1. The average molecular weight is 331 g/mol. The maximum absolute atomic E-state index is 12.5. The number of oxazole rings is 1. The molecule has 2 aromatic rings. The number of hydrogen-bond acceptors (Lipinski definition) is 5. The Morgan fingerprint density at radius 2 is 2.33 bits per heavy atom. The first-order valence-corrected chi connectivity index (χ1v) is 8.55. The molecule has 2 aromatic heterocycles. The fourth-order valence-corrected chi connectivity index (χ4v) is 3.05. The molecule has 0 radical (unpaired) electrons. The molecule has 1 saturated heterocycles. The van der Waals surface area contributed by atoms with Crippen molar-refractivity contribution in [3.05, 3.63) is 41.5 Å². The number of nitrogens with zero attached hydrogens (tertiary/aromatic N) is 2. The smallest absolute Gasteiger partial charge is 0.237 e. The fraction of sp³-hybridized carbons (Fsp3) is 0.556. The largest absolute Gasteiger partial charge is 0.467 e. The number of amides is 1. The Labute approximate surface area is 142 Å². The lowest BCUT2D eigenvalue weighted by Gasteiger charge is -2.22. The van der Waals surface area contributed by atoms with E-state index in [1.54, 1.807) is 6.26 Å². The second-order valence-corrected chi connectivity index (χ2v) is 6.64. The molecule has 6 heteroatoms. The zero-order chi connectivity index (χ0) is 17.1. The summed E-state index contributed by atoms with van der Waals surface area (Å²) in [5.74, 6) is 2.71. The zero-order valence-corrected chi connectivity index (χ0v) is 14.5. The van der Waals surface area contributed by atoms with Crippen molar-refractivity contribution in [2.24, 2.45) is 0 Å². The molecule has 1 fully saturated rings. The van der Waals surface area contributed by atoms with E-state index in [0.717, 1.165) is 42.5 Å². The van der Waals surface area contributed by atoms with Gasteiger partial charge in [-0.2, -0.15) is 0 Å². The number of carbonyl (C=O) groups excluding carboxylic acids is 1. The van der Waals surface area contributed by atoms with Crippen molar-refractivity contribution in [1.29, 1.82) is 0 Å². The van der Waals surface area contributed by atoms with Gasteiger partial charge in [0.2, 0.25) is 5.91 Å². The molecule has 1 aliphatic rings. The molecular formula is C18H25N3O3. The van der Waals surface area contributed by atoms with Crippen molar-refractivity contribution in [3.8, 4) is 0 Å². The van der Waals surface area contributed by atoms with Crippen molar-refractivity contribution >= 4 is 5.91 Å². The lowest BCUT2D eigenvalue weighted by molar-refractivity contribution is -0.125. The summed E-state index contributed by atoms with van der Waals surface area (Å²) < 4.78 is 11.1. The monoisotopic (exact) mass is 331 g/mol. The highest BCUT2D eigenvalue weighted by molar-refractivity contribution is 5.81. The lowest BCUT2D eigenvalue weighted by atomic mass is 10.2. The zero-order valence-electron chi connectivity index (χ0n) is 14.5. The molecule has 0 bridgehead atoms. The summed E-state index contributed by atoms with van der Waals surface area (Å²) in [4.78, 5) is 19.2. The molecule has 1 amide bonds. The topological polar surface area (TPSA) is 71.5 Å². The van der Waals surface area contributed by atoms with E-state index in [1.807, 2.05) is 19.1 Å². The molecule has 1 aliphatic heterocycles. The van der Waals surface area contributed by atoms with Gasteiger partial charge >= 0.3 is 0 Å². The lowest BCUT2D eigenvalue weighted by Crippen LogP contribution is -2.42. The Kier molecular flexibility index (Phi) is 5.04. The Morgan fingerprint density at radius 3 is 3.00 bits per heavy atom. The first kappa shape index (κ1) is 16.8. The highest BCUT2D eigenvalue weighted by Gasteiger charge is 2.32. The van der Waals surface area contributed by atoms with Crippen LogP contribution in [-0.2, 0) is 17.9 Å². The predicted octanol–water partition coefficient (Wildman–Crippen LogP) is 2.98. The van der Waals surface area contributed by atoms with Gasteiger partial charge in [-0.15, -0.1) is 0 Å². The molecule has 0 aliphatic carbocycles. The minimum atomic E-state index is -0.119. The van der Waals surface area contributed by atoms with Gasteiger partial charge in [0, 0.05) is 5.92 Å². The van der Waals surface area contributed by atoms with Gasteiger partial charge in [0.25, 0.3) is 0 Å². The van der Waals surface area contributed by atoms with Crippen LogP contribution in [0, 0.1) is 6.92 Å². The molecule has 1 N–H and O–H groups in total. The number of aromatic nitrogens is 1. The maximum atomic E-state index is 12.5. The van der Waals surface area contributed by atoms with Crippen LogP contribution >= 0.6 is 0 Å². The van der Waals surface area contributed by atoms with E-state index >= 15 is 0 Å². The number of likely N-dealkylation sites (tertiary alicyclic amines) is 1. The number of rotatable bonds is 6. The second kappa shape index (κ2) is 7.21. The van der Waals surface area contributed by atoms with Gasteiger partial charge in [0.1, 0.15) is 11.5 Å². The van der Waals surface area contributed by atoms with Gasteiger partial charge in [-0.3, -0.25) is 9.69 Å². The van der Waals surface area contributed by atoms with Crippen LogP contribution in [0.4, 0.5) is 0 Å². The second-order valence-electron chi connectivity index (χ2n) is 6.64. The molecule has 6 nitrogen and oxygen atoms in total. The van der Waals surface area contributed by atoms with E-state index in [2.05, 4.69) is 29.0 Å². The van der Waals surface area contributed by atoms with Crippen LogP contribution in [0.2, 0.25) is 0 Å². The molecule has 3 heterocycles. The molecule has 0 aromatic carbocycles. The van der Waals surface area contributed by atoms with Gasteiger partial charge in [0.05, 0.1) is 31.1 Å². The van der Waals surface area contributed by atoms with E-state index in [4.69, 9.17) is 8.83 Å². The highest BCUT2D eigenvalue weighted by atomic mass is 16.4. The Balaban J connectivity index is 1.61. The molecule has 130 valence electrons. The first-order valence-electron chi connectivity index (χ1n) is 8.55. The number of aryl methyl sites for hydroxylation is 1. The van der Waals surface area contributed by atoms with E-state index in [-0.39, 0.29) is 17.9 Å². The van der Waals surface area contributed by atoms with Gasteiger partial charge in [-0.25, -0.2) is 4.98 Å². The molecule has 0 saturated carbocycles. The molecule has 1 atom stereocenters. The van der Waals surface area contributed by atoms with Crippen LogP contribution < -0.4 is 5.32 Å². The normalized spacial score (nSPS) is 18.4. The van der Waals surface area contributed by atoms with Crippen LogP contribution in [0.3, 0.4) is 0 Å². The molecule has 1 unspecified atom stereocenters. The number of carbonyl (C=O) groups is 1. The van der Waals surface area contributed by atoms with E-state index in [9.17, 15) is 4.79 Å². The van der Waals surface area contributed by atoms with Gasteiger partial charge < -0.3 is 14.2 Å². The van der Waals surface area contributed by atoms with Crippen molar-refractivity contribution in [2.45, 2.75) is 58.7 Å². The molecule has 3 rings (SSSR count). The van der Waals surface area contributed by atoms with Gasteiger partial charge in [0.15, 0.2) is 5.89 Å². The van der Waals surface area contributed by atoms with E-state index < -0.39 is 0 Å². The van der Waals surface area contributed by atoms with Crippen LogP contribution in [0.25, 0.3) is 0 Å². The molecule has 24 heavy (non-hydrogen) atoms. The SMILES string of the molecule is Cc1nc(C(C)C)oc1CN1CCCC1C(=O)NCc1ccco1. The van der Waals surface area contributed by atoms with E-state index in [0.29, 0.717) is 13.1 Å². The third kappa shape index (κ3) is 3.70. The standard InChI is InChI=1S/C18H25N3O3/c1-12(2)18-20-13(3)16(24-18)11-21-8-4-7-15(21)17(22)19-10-14-6-5-9-23-14/h5-6,9,12,15H,4,7-8,10-11H2,1-3H3,(H,19,22). The van der Waals surface area contributed by atoms with E-state index in [1.165, 1.54) is 0 Å². The van der Waals surface area contributed by atoms with Gasteiger partial charge in [-0.05, 0) is 38.4 Å². The third-order valence-corrected chi connectivity index (χ3v) is 4.43. The van der Waals surface area contributed by atoms with Crippen molar-refractivity contribution in [2.75, 3.05) is 6.54 Å². The minimum Gasteiger partial charge on any atom is -0.467 e. The van der Waals surface area contributed by atoms with Crippen LogP contribution in [-0.4, -0.2) is 28.4 Å². The molecular weight excluding hydrogens is 306 g/mol. The van der Waals surface area contributed by atoms with Crippen molar-refractivity contribution in [1.82, 2.24) is 15.2 Å². The summed E-state index contributed by atoms with van der Waals surface area (Å²) in [5, 5.41) is 2.96. The minimum absolute atomic E-state index is 0.0464. The summed E-state index contributed by atoms with van der Waals surface area (Å²) in [5.41, 5.74) is 0.917. The number of hydrogen-bond donors (Lipinski definition) is 1. The quantitative estimate of drug-likeness (QED) is 0.881. The fourth-order valence-electron chi connectivity index (χ4n) is 3.05. The van der Waals surface area contributed by atoms with Crippen LogP contribution in [0.1, 0.15) is 55.7 Å². The number of furan rings is 1. The van der Waals surface area contributed by atoms with Crippen LogP contribution in [0.15, 0.2) is 27.2 Å². The Morgan fingerprint density at radius 1 is 1.50 bits per heavy atom. The summed E-state index contributed by atoms with van der Waals surface area (Å²) in [6.45, 7) is 8.05. The average Bonchev–Trinajstić information content (AvgIpc) is 3.27. The highest BCUT2D eigenvalue weighted by Crippen LogP contribution is 2.24. The van der Waals surface area contributed by atoms with Crippen molar-refractivity contribution < 1.29 is 13.6 Å². The van der Waals surface area contributed by atoms with Gasteiger partial charge in [-0.1, -0.05) is 13.8 Å². The Hall–Kier alpha value is -2.08. The summed E-state index contributed by atoms with van der Waals surface area (Å²) in [6, 6.07) is 3.56. The predicted molar refractivity (Wildman–Crippen MR) is 89.3 cm³/mol. The first-order chi connectivity index (χ1) is 11.5. The maximum Gasteiger partial charge on any atom is 0.237 e. The summed E-state index contributed by atoms with van der Waals surface area (Å²) in [7, 11) is 0. The van der Waals surface area contributed by atoms with Crippen molar-refractivity contribution in [3.63, 3.8) is 0 Å².